The number of rotatable bonds is 7. The Balaban J connectivity index is 3.05. The number of hydrogen-bond donors (Lipinski definition) is 4. The number of carbonyl (C=O) groups excluding carboxylic acids is 2. The first-order valence-corrected chi connectivity index (χ1v) is 8.97. The van der Waals surface area contributed by atoms with Gasteiger partial charge in [-0.05, 0) is 6.92 Å². The Bertz CT molecular complexity index is 651. The fourth-order valence-corrected chi connectivity index (χ4v) is 3.11. The second kappa shape index (κ2) is 6.76. The monoisotopic (exact) mass is 334 g/mol. The summed E-state index contributed by atoms with van der Waals surface area (Å²) in [4.78, 5) is 23.5. The highest BCUT2D eigenvalue weighted by Crippen LogP contribution is 2.35. The molecule has 1 heterocycles. The van der Waals surface area contributed by atoms with Crippen LogP contribution in [0.15, 0.2) is 0 Å². The van der Waals surface area contributed by atoms with Crippen molar-refractivity contribution >= 4 is 43.7 Å². The standard InChI is InChI=1S/C11H18N4O4S2/c1-3-14-10(17)8-7(12)6(9(13)16)11(20-8)15-4-5-21(2,18)19/h15H,3-5,12H2,1-2H3,(H2,13,16)(H,14,17). The summed E-state index contributed by atoms with van der Waals surface area (Å²) < 4.78 is 22.2. The molecule has 10 heteroatoms. The van der Waals surface area contributed by atoms with Crippen LogP contribution in [0.5, 0.6) is 0 Å². The van der Waals surface area contributed by atoms with E-state index < -0.39 is 21.7 Å². The molecular formula is C11H18N4O4S2. The van der Waals surface area contributed by atoms with Crippen molar-refractivity contribution in [3.63, 3.8) is 0 Å². The third kappa shape index (κ3) is 4.60. The second-order valence-corrected chi connectivity index (χ2v) is 7.61. The molecule has 0 spiro atoms. The molecule has 0 fully saturated rings. The van der Waals surface area contributed by atoms with Crippen LogP contribution in [0, 0.1) is 0 Å². The summed E-state index contributed by atoms with van der Waals surface area (Å²) in [5, 5.41) is 5.66. The van der Waals surface area contributed by atoms with Crippen LogP contribution in [0.1, 0.15) is 27.0 Å². The van der Waals surface area contributed by atoms with E-state index in [1.54, 1.807) is 6.92 Å². The molecule has 0 aliphatic carbocycles. The van der Waals surface area contributed by atoms with Gasteiger partial charge in [0.15, 0.2) is 0 Å². The molecule has 1 rings (SSSR count). The fourth-order valence-electron chi connectivity index (χ4n) is 1.57. The third-order valence-electron chi connectivity index (χ3n) is 2.49. The quantitative estimate of drug-likeness (QED) is 0.535. The molecule has 0 unspecified atom stereocenters. The fraction of sp³-hybridized carbons (Fsp3) is 0.455. The van der Waals surface area contributed by atoms with Gasteiger partial charge in [0.05, 0.1) is 17.0 Å². The Morgan fingerprint density at radius 3 is 2.43 bits per heavy atom. The second-order valence-electron chi connectivity index (χ2n) is 4.33. The molecule has 0 saturated carbocycles. The summed E-state index contributed by atoms with van der Waals surface area (Å²) >= 11 is 0.969. The number of carbonyl (C=O) groups is 2. The Morgan fingerprint density at radius 2 is 1.95 bits per heavy atom. The molecule has 0 aliphatic rings. The molecule has 21 heavy (non-hydrogen) atoms. The number of nitrogens with two attached hydrogens (primary N) is 2. The summed E-state index contributed by atoms with van der Waals surface area (Å²) in [5.41, 5.74) is 11.1. The van der Waals surface area contributed by atoms with Gasteiger partial charge in [-0.2, -0.15) is 0 Å². The highest BCUT2D eigenvalue weighted by molar-refractivity contribution is 7.90. The predicted molar refractivity (Wildman–Crippen MR) is 83.5 cm³/mol. The van der Waals surface area contributed by atoms with Crippen LogP contribution in [0.4, 0.5) is 10.7 Å². The number of anilines is 2. The molecule has 2 amide bonds. The summed E-state index contributed by atoms with van der Waals surface area (Å²) in [7, 11) is -3.14. The van der Waals surface area contributed by atoms with Crippen molar-refractivity contribution in [2.75, 3.05) is 36.1 Å². The predicted octanol–water partition coefficient (Wildman–Crippen LogP) is -0.365. The SMILES string of the molecule is CCNC(=O)c1sc(NCCS(C)(=O)=O)c(C(N)=O)c1N. The van der Waals surface area contributed by atoms with Gasteiger partial charge in [-0.15, -0.1) is 11.3 Å². The van der Waals surface area contributed by atoms with E-state index in [-0.39, 0.29) is 28.4 Å². The number of sulfone groups is 1. The topological polar surface area (TPSA) is 144 Å². The molecule has 1 aromatic heterocycles. The average Bonchev–Trinajstić information content (AvgIpc) is 2.65. The summed E-state index contributed by atoms with van der Waals surface area (Å²) in [6.45, 7) is 2.26. The zero-order valence-corrected chi connectivity index (χ0v) is 13.4. The van der Waals surface area contributed by atoms with E-state index in [2.05, 4.69) is 10.6 Å². The Kier molecular flexibility index (Phi) is 5.55. The van der Waals surface area contributed by atoms with E-state index in [4.69, 9.17) is 11.5 Å². The summed E-state index contributed by atoms with van der Waals surface area (Å²) in [6.07, 6.45) is 1.10. The van der Waals surface area contributed by atoms with Gasteiger partial charge in [-0.25, -0.2) is 8.42 Å². The number of amides is 2. The smallest absolute Gasteiger partial charge is 0.263 e. The van der Waals surface area contributed by atoms with Crippen molar-refractivity contribution in [1.82, 2.24) is 5.32 Å². The Hall–Kier alpha value is -1.81. The van der Waals surface area contributed by atoms with E-state index in [1.165, 1.54) is 0 Å². The van der Waals surface area contributed by atoms with Crippen LogP contribution >= 0.6 is 11.3 Å². The molecular weight excluding hydrogens is 316 g/mol. The first-order valence-electron chi connectivity index (χ1n) is 6.09. The Labute approximate surface area is 126 Å². The molecule has 1 aromatic rings. The summed E-state index contributed by atoms with van der Waals surface area (Å²) in [6, 6.07) is 0. The molecule has 0 radical (unpaired) electrons. The third-order valence-corrected chi connectivity index (χ3v) is 4.60. The van der Waals surface area contributed by atoms with E-state index in [0.717, 1.165) is 17.6 Å². The van der Waals surface area contributed by atoms with Gasteiger partial charge in [-0.1, -0.05) is 0 Å². The van der Waals surface area contributed by atoms with Gasteiger partial charge in [0, 0.05) is 19.3 Å². The minimum absolute atomic E-state index is 0.000283. The molecule has 6 N–H and O–H groups in total. The van der Waals surface area contributed by atoms with Crippen LogP contribution in [0.3, 0.4) is 0 Å². The lowest BCUT2D eigenvalue weighted by Gasteiger charge is -2.04. The minimum Gasteiger partial charge on any atom is -0.397 e. The number of thiophene rings is 1. The van der Waals surface area contributed by atoms with E-state index in [9.17, 15) is 18.0 Å². The van der Waals surface area contributed by atoms with Gasteiger partial charge in [-0.3, -0.25) is 9.59 Å². The maximum absolute atomic E-state index is 11.8. The molecule has 0 aromatic carbocycles. The van der Waals surface area contributed by atoms with Crippen molar-refractivity contribution in [3.05, 3.63) is 10.4 Å². The van der Waals surface area contributed by atoms with Gasteiger partial charge < -0.3 is 22.1 Å². The number of primary amides is 1. The van der Waals surface area contributed by atoms with Crippen LogP contribution < -0.4 is 22.1 Å². The normalized spacial score (nSPS) is 11.1. The zero-order chi connectivity index (χ0) is 16.2. The molecule has 8 nitrogen and oxygen atoms in total. The first kappa shape index (κ1) is 17.2. The average molecular weight is 334 g/mol. The van der Waals surface area contributed by atoms with Crippen LogP contribution in [0.25, 0.3) is 0 Å². The maximum atomic E-state index is 11.8. The van der Waals surface area contributed by atoms with Crippen molar-refractivity contribution in [1.29, 1.82) is 0 Å². The Morgan fingerprint density at radius 1 is 1.33 bits per heavy atom. The van der Waals surface area contributed by atoms with Crippen molar-refractivity contribution in [2.45, 2.75) is 6.92 Å². The zero-order valence-electron chi connectivity index (χ0n) is 11.7. The lowest BCUT2D eigenvalue weighted by atomic mass is 10.2. The van der Waals surface area contributed by atoms with Gasteiger partial charge >= 0.3 is 0 Å². The number of nitrogens with one attached hydrogen (secondary N) is 2. The lowest BCUT2D eigenvalue weighted by molar-refractivity contribution is 0.0960. The highest BCUT2D eigenvalue weighted by Gasteiger charge is 2.23. The number of nitrogen functional groups attached to an aromatic ring is 1. The van der Waals surface area contributed by atoms with E-state index in [0.29, 0.717) is 11.5 Å². The van der Waals surface area contributed by atoms with Gasteiger partial charge in [0.25, 0.3) is 11.8 Å². The maximum Gasteiger partial charge on any atom is 0.263 e. The number of hydrogen-bond acceptors (Lipinski definition) is 7. The molecule has 0 bridgehead atoms. The van der Waals surface area contributed by atoms with E-state index >= 15 is 0 Å². The van der Waals surface area contributed by atoms with Gasteiger partial charge in [0.2, 0.25) is 0 Å². The lowest BCUT2D eigenvalue weighted by Crippen LogP contribution is -2.23. The molecule has 0 aliphatic heterocycles. The van der Waals surface area contributed by atoms with Crippen LogP contribution in [-0.2, 0) is 9.84 Å². The summed E-state index contributed by atoms with van der Waals surface area (Å²) in [5.74, 6) is -1.29. The van der Waals surface area contributed by atoms with E-state index in [1.807, 2.05) is 0 Å². The van der Waals surface area contributed by atoms with Crippen LogP contribution in [0.2, 0.25) is 0 Å². The van der Waals surface area contributed by atoms with Crippen molar-refractivity contribution < 1.29 is 18.0 Å². The van der Waals surface area contributed by atoms with Gasteiger partial charge in [0.1, 0.15) is 19.7 Å². The molecule has 0 saturated heterocycles. The van der Waals surface area contributed by atoms with Crippen molar-refractivity contribution in [2.24, 2.45) is 5.73 Å². The highest BCUT2D eigenvalue weighted by atomic mass is 32.2. The minimum atomic E-state index is -3.14. The molecule has 118 valence electrons. The largest absolute Gasteiger partial charge is 0.397 e. The molecule has 0 atom stereocenters. The first-order chi connectivity index (χ1) is 9.67. The van der Waals surface area contributed by atoms with Crippen molar-refractivity contribution in [3.8, 4) is 0 Å². The van der Waals surface area contributed by atoms with Crippen LogP contribution in [-0.4, -0.2) is 45.3 Å².